The number of aliphatic hydroxyl groups excluding tert-OH is 1. The van der Waals surface area contributed by atoms with E-state index >= 15 is 0 Å². The number of aliphatic hydroxyl groups is 1. The van der Waals surface area contributed by atoms with Crippen molar-refractivity contribution in [1.82, 2.24) is 4.57 Å². The Kier molecular flexibility index (Phi) is 7.38. The van der Waals surface area contributed by atoms with E-state index in [0.717, 1.165) is 40.6 Å². The SMILES string of the molecule is O=C(/C=C/c1cn(C[C@@H](O)C[NH+]2CCCCCC2)c2ccccc12)c1ccc(Br)cc1. The second-order valence-electron chi connectivity index (χ2n) is 8.48. The van der Waals surface area contributed by atoms with Gasteiger partial charge in [-0.15, -0.1) is 0 Å². The number of ketones is 1. The summed E-state index contributed by atoms with van der Waals surface area (Å²) in [6, 6.07) is 15.6. The molecule has 3 aromatic rings. The first-order valence-electron chi connectivity index (χ1n) is 11.2. The third-order valence-corrected chi connectivity index (χ3v) is 6.63. The maximum atomic E-state index is 12.5. The van der Waals surface area contributed by atoms with Gasteiger partial charge in [0.1, 0.15) is 12.6 Å². The first kappa shape index (κ1) is 22.0. The number of carbonyl (C=O) groups excluding carboxylic acids is 1. The van der Waals surface area contributed by atoms with Crippen LogP contribution in [-0.4, -0.2) is 41.2 Å². The summed E-state index contributed by atoms with van der Waals surface area (Å²) in [4.78, 5) is 14.1. The van der Waals surface area contributed by atoms with E-state index in [1.807, 2.05) is 42.5 Å². The van der Waals surface area contributed by atoms with Gasteiger partial charge in [-0.3, -0.25) is 4.79 Å². The van der Waals surface area contributed by atoms with E-state index in [1.54, 1.807) is 6.08 Å². The highest BCUT2D eigenvalue weighted by molar-refractivity contribution is 9.10. The molecule has 31 heavy (non-hydrogen) atoms. The van der Waals surface area contributed by atoms with Crippen molar-refractivity contribution < 1.29 is 14.8 Å². The number of rotatable bonds is 7. The van der Waals surface area contributed by atoms with Gasteiger partial charge in [0.2, 0.25) is 0 Å². The molecule has 1 aliphatic rings. The predicted octanol–water partition coefficient (Wildman–Crippen LogP) is 4.12. The van der Waals surface area contributed by atoms with Crippen molar-refractivity contribution in [3.8, 4) is 0 Å². The van der Waals surface area contributed by atoms with E-state index in [0.29, 0.717) is 12.1 Å². The summed E-state index contributed by atoms with van der Waals surface area (Å²) in [5.74, 6) is -0.0193. The Morgan fingerprint density at radius 2 is 1.77 bits per heavy atom. The van der Waals surface area contributed by atoms with Gasteiger partial charge in [0.15, 0.2) is 5.78 Å². The third-order valence-electron chi connectivity index (χ3n) is 6.10. The van der Waals surface area contributed by atoms with Crippen LogP contribution in [-0.2, 0) is 6.54 Å². The maximum Gasteiger partial charge on any atom is 0.185 e. The number of hydrogen-bond acceptors (Lipinski definition) is 2. The van der Waals surface area contributed by atoms with Crippen LogP contribution >= 0.6 is 15.9 Å². The minimum absolute atomic E-state index is 0.0193. The van der Waals surface area contributed by atoms with Crippen molar-refractivity contribution in [2.24, 2.45) is 0 Å². The number of allylic oxidation sites excluding steroid dienone is 1. The van der Waals surface area contributed by atoms with Gasteiger partial charge >= 0.3 is 0 Å². The number of quaternary nitrogens is 1. The van der Waals surface area contributed by atoms with Gasteiger partial charge in [0.25, 0.3) is 0 Å². The number of para-hydroxylation sites is 1. The fourth-order valence-electron chi connectivity index (χ4n) is 4.49. The van der Waals surface area contributed by atoms with Crippen LogP contribution in [0.3, 0.4) is 0 Å². The molecule has 0 saturated carbocycles. The predicted molar refractivity (Wildman–Crippen MR) is 129 cm³/mol. The minimum Gasteiger partial charge on any atom is -0.385 e. The molecule has 2 aromatic carbocycles. The number of benzene rings is 2. The van der Waals surface area contributed by atoms with Gasteiger partial charge in [-0.05, 0) is 68.2 Å². The minimum atomic E-state index is -0.384. The maximum absolute atomic E-state index is 12.5. The molecule has 1 aromatic heterocycles. The van der Waals surface area contributed by atoms with Crippen molar-refractivity contribution in [2.75, 3.05) is 19.6 Å². The molecule has 162 valence electrons. The lowest BCUT2D eigenvalue weighted by Gasteiger charge is -2.21. The van der Waals surface area contributed by atoms with Crippen LogP contribution in [0.15, 0.2) is 65.3 Å². The molecule has 1 saturated heterocycles. The number of likely N-dealkylation sites (tertiary alicyclic amines) is 1. The molecule has 4 nitrogen and oxygen atoms in total. The zero-order chi connectivity index (χ0) is 21.6. The number of nitrogens with one attached hydrogen (secondary N) is 1. The highest BCUT2D eigenvalue weighted by atomic mass is 79.9. The van der Waals surface area contributed by atoms with Crippen molar-refractivity contribution >= 4 is 38.7 Å². The summed E-state index contributed by atoms with van der Waals surface area (Å²) >= 11 is 3.40. The van der Waals surface area contributed by atoms with Gasteiger partial charge < -0.3 is 14.6 Å². The molecule has 0 radical (unpaired) electrons. The summed E-state index contributed by atoms with van der Waals surface area (Å²) in [6.07, 6.45) is 10.3. The van der Waals surface area contributed by atoms with E-state index in [-0.39, 0.29) is 11.9 Å². The lowest BCUT2D eigenvalue weighted by Crippen LogP contribution is -3.13. The largest absolute Gasteiger partial charge is 0.385 e. The normalized spacial score (nSPS) is 16.6. The second kappa shape index (κ2) is 10.4. The summed E-state index contributed by atoms with van der Waals surface area (Å²) in [5, 5.41) is 11.9. The molecular formula is C26H30BrN2O2+. The molecule has 0 bridgehead atoms. The fraction of sp³-hybridized carbons (Fsp3) is 0.346. The summed E-state index contributed by atoms with van der Waals surface area (Å²) in [7, 11) is 0. The van der Waals surface area contributed by atoms with Crippen molar-refractivity contribution in [1.29, 1.82) is 0 Å². The van der Waals surface area contributed by atoms with Crippen LogP contribution < -0.4 is 4.90 Å². The van der Waals surface area contributed by atoms with Crippen LogP contribution in [0.5, 0.6) is 0 Å². The van der Waals surface area contributed by atoms with Crippen LogP contribution in [0.1, 0.15) is 41.6 Å². The number of aromatic nitrogens is 1. The zero-order valence-electron chi connectivity index (χ0n) is 17.8. The van der Waals surface area contributed by atoms with Gasteiger partial charge in [-0.2, -0.15) is 0 Å². The topological polar surface area (TPSA) is 46.7 Å². The van der Waals surface area contributed by atoms with Gasteiger partial charge in [0, 0.05) is 32.7 Å². The quantitative estimate of drug-likeness (QED) is 0.393. The van der Waals surface area contributed by atoms with Crippen LogP contribution in [0.25, 0.3) is 17.0 Å². The molecule has 0 aliphatic carbocycles. The van der Waals surface area contributed by atoms with E-state index < -0.39 is 0 Å². The first-order valence-corrected chi connectivity index (χ1v) is 12.0. The monoisotopic (exact) mass is 481 g/mol. The molecule has 1 atom stereocenters. The Balaban J connectivity index is 1.50. The van der Waals surface area contributed by atoms with Crippen molar-refractivity contribution in [3.05, 3.63) is 76.4 Å². The van der Waals surface area contributed by atoms with Crippen LogP contribution in [0.2, 0.25) is 0 Å². The molecule has 0 amide bonds. The standard InChI is InChI=1S/C26H29BrN2O2/c27-22-12-9-20(10-13-22)26(31)14-11-21-17-29(25-8-4-3-7-24(21)25)19-23(30)18-28-15-5-1-2-6-16-28/h3-4,7-14,17,23,30H,1-2,5-6,15-16,18-19H2/p+1/b14-11+/t23-/m0/s1. The molecule has 2 heterocycles. The van der Waals surface area contributed by atoms with Crippen LogP contribution in [0.4, 0.5) is 0 Å². The van der Waals surface area contributed by atoms with Gasteiger partial charge in [0.05, 0.1) is 19.6 Å². The molecular weight excluding hydrogens is 452 g/mol. The summed E-state index contributed by atoms with van der Waals surface area (Å²) in [6.45, 7) is 3.68. The average Bonchev–Trinajstić information content (AvgIpc) is 2.93. The third kappa shape index (κ3) is 5.73. The molecule has 4 rings (SSSR count). The number of carbonyl (C=O) groups is 1. The Bertz CT molecular complexity index is 1050. The molecule has 5 heteroatoms. The highest BCUT2D eigenvalue weighted by Gasteiger charge is 2.18. The lowest BCUT2D eigenvalue weighted by molar-refractivity contribution is -0.902. The zero-order valence-corrected chi connectivity index (χ0v) is 19.4. The Hall–Kier alpha value is -2.21. The lowest BCUT2D eigenvalue weighted by atomic mass is 10.1. The Morgan fingerprint density at radius 3 is 2.52 bits per heavy atom. The molecule has 2 N–H and O–H groups in total. The first-order chi connectivity index (χ1) is 15.1. The molecule has 1 aliphatic heterocycles. The van der Waals surface area contributed by atoms with E-state index in [2.05, 4.69) is 38.8 Å². The second-order valence-corrected chi connectivity index (χ2v) is 9.40. The smallest absolute Gasteiger partial charge is 0.185 e. The number of nitrogens with zero attached hydrogens (tertiary/aromatic N) is 1. The van der Waals surface area contributed by atoms with Crippen molar-refractivity contribution in [2.45, 2.75) is 38.3 Å². The van der Waals surface area contributed by atoms with E-state index in [4.69, 9.17) is 0 Å². The Morgan fingerprint density at radius 1 is 1.06 bits per heavy atom. The average molecular weight is 482 g/mol. The molecule has 1 fully saturated rings. The molecule has 0 spiro atoms. The van der Waals surface area contributed by atoms with E-state index in [9.17, 15) is 9.90 Å². The van der Waals surface area contributed by atoms with Gasteiger partial charge in [-0.25, -0.2) is 0 Å². The van der Waals surface area contributed by atoms with Crippen molar-refractivity contribution in [3.63, 3.8) is 0 Å². The summed E-state index contributed by atoms with van der Waals surface area (Å²) in [5.41, 5.74) is 2.75. The van der Waals surface area contributed by atoms with Gasteiger partial charge in [-0.1, -0.05) is 34.1 Å². The Labute approximate surface area is 192 Å². The van der Waals surface area contributed by atoms with Crippen LogP contribution in [0, 0.1) is 0 Å². The number of fused-ring (bicyclic) bond motifs is 1. The summed E-state index contributed by atoms with van der Waals surface area (Å²) < 4.78 is 3.08. The highest BCUT2D eigenvalue weighted by Crippen LogP contribution is 2.23. The van der Waals surface area contributed by atoms with E-state index in [1.165, 1.54) is 30.6 Å². The molecule has 0 unspecified atom stereocenters. The number of halogens is 1. The fourth-order valence-corrected chi connectivity index (χ4v) is 4.76. The number of hydrogen-bond donors (Lipinski definition) is 2.